The zero-order valence-corrected chi connectivity index (χ0v) is 16.0. The molecule has 0 unspecified atom stereocenters. The van der Waals surface area contributed by atoms with Crippen LogP contribution in [0.3, 0.4) is 0 Å². The van der Waals surface area contributed by atoms with Gasteiger partial charge in [0.25, 0.3) is 5.91 Å². The third-order valence-corrected chi connectivity index (χ3v) is 5.10. The van der Waals surface area contributed by atoms with Gasteiger partial charge in [0.1, 0.15) is 5.75 Å². The van der Waals surface area contributed by atoms with Crippen LogP contribution in [0.5, 0.6) is 17.2 Å². The van der Waals surface area contributed by atoms with Crippen molar-refractivity contribution >= 4 is 17.5 Å². The van der Waals surface area contributed by atoms with Crippen molar-refractivity contribution in [1.29, 1.82) is 0 Å². The number of nitrogens with one attached hydrogen (secondary N) is 1. The van der Waals surface area contributed by atoms with Gasteiger partial charge in [-0.15, -0.1) is 0 Å². The average Bonchev–Trinajstić information content (AvgIpc) is 3.27. The van der Waals surface area contributed by atoms with Crippen molar-refractivity contribution in [3.63, 3.8) is 0 Å². The summed E-state index contributed by atoms with van der Waals surface area (Å²) in [7, 11) is 3.96. The Morgan fingerprint density at radius 2 is 1.96 bits per heavy atom. The van der Waals surface area contributed by atoms with Gasteiger partial charge in [-0.1, -0.05) is 17.7 Å². The normalized spacial score (nSPS) is 18.1. The van der Waals surface area contributed by atoms with Crippen LogP contribution in [0.25, 0.3) is 0 Å². The third kappa shape index (κ3) is 3.68. The minimum Gasteiger partial charge on any atom is -0.480 e. The predicted molar refractivity (Wildman–Crippen MR) is 102 cm³/mol. The first-order valence-electron chi connectivity index (χ1n) is 8.80. The van der Waals surface area contributed by atoms with Crippen molar-refractivity contribution in [2.45, 2.75) is 18.6 Å². The molecule has 142 valence electrons. The molecule has 0 saturated carbocycles. The van der Waals surface area contributed by atoms with E-state index in [9.17, 15) is 4.79 Å². The first-order chi connectivity index (χ1) is 13.0. The van der Waals surface area contributed by atoms with Crippen molar-refractivity contribution in [1.82, 2.24) is 10.2 Å². The third-order valence-electron chi connectivity index (χ3n) is 4.86. The minimum atomic E-state index is -0.530. The molecule has 0 aromatic heterocycles. The summed E-state index contributed by atoms with van der Waals surface area (Å²) in [5.41, 5.74) is 2.01. The molecule has 2 atom stereocenters. The molecule has 27 heavy (non-hydrogen) atoms. The number of carbonyl (C=O) groups is 1. The Bertz CT molecular complexity index is 871. The van der Waals surface area contributed by atoms with Crippen LogP contribution in [0.2, 0.25) is 5.02 Å². The van der Waals surface area contributed by atoms with E-state index in [1.165, 1.54) is 0 Å². The summed E-state index contributed by atoms with van der Waals surface area (Å²) in [5.74, 6) is 2.07. The van der Waals surface area contributed by atoms with Crippen LogP contribution in [0, 0.1) is 0 Å². The number of nitrogens with zero attached hydrogens (tertiary/aromatic N) is 1. The Morgan fingerprint density at radius 1 is 1.19 bits per heavy atom. The number of hydrogen-bond acceptors (Lipinski definition) is 5. The van der Waals surface area contributed by atoms with Crippen LogP contribution in [0.4, 0.5) is 0 Å². The van der Waals surface area contributed by atoms with Crippen LogP contribution in [-0.4, -0.2) is 44.3 Å². The lowest BCUT2D eigenvalue weighted by atomic mass is 10.0. The molecule has 0 fully saturated rings. The van der Waals surface area contributed by atoms with E-state index in [0.717, 1.165) is 28.4 Å². The molecule has 7 heteroatoms. The molecule has 1 amide bonds. The van der Waals surface area contributed by atoms with Gasteiger partial charge in [0.2, 0.25) is 6.79 Å². The lowest BCUT2D eigenvalue weighted by Crippen LogP contribution is -2.41. The molecule has 2 aromatic carbocycles. The van der Waals surface area contributed by atoms with Crippen LogP contribution < -0.4 is 19.5 Å². The fraction of sp³-hybridized carbons (Fsp3) is 0.350. The second kappa shape index (κ2) is 7.29. The highest BCUT2D eigenvalue weighted by Crippen LogP contribution is 2.35. The van der Waals surface area contributed by atoms with E-state index in [0.29, 0.717) is 18.0 Å². The van der Waals surface area contributed by atoms with Crippen LogP contribution in [-0.2, 0) is 11.2 Å². The van der Waals surface area contributed by atoms with E-state index in [2.05, 4.69) is 10.2 Å². The van der Waals surface area contributed by atoms with Crippen molar-refractivity contribution in [2.75, 3.05) is 27.4 Å². The van der Waals surface area contributed by atoms with Crippen LogP contribution in [0.15, 0.2) is 36.4 Å². The summed E-state index contributed by atoms with van der Waals surface area (Å²) in [5, 5.41) is 3.66. The number of carbonyl (C=O) groups excluding carboxylic acids is 1. The fourth-order valence-corrected chi connectivity index (χ4v) is 3.59. The van der Waals surface area contributed by atoms with Gasteiger partial charge < -0.3 is 24.4 Å². The Labute approximate surface area is 163 Å². The fourth-order valence-electron chi connectivity index (χ4n) is 3.39. The number of amides is 1. The second-order valence-corrected chi connectivity index (χ2v) is 7.34. The standard InChI is InChI=1S/C20H21ClN2O4/c1-23(2)15(12-3-5-17-18(8-12)26-11-25-17)10-22-20(24)19-9-13-7-14(21)4-6-16(13)27-19/h3-8,15,19H,9-11H2,1-2H3,(H,22,24)/t15-,19-/m1/s1. The average molecular weight is 389 g/mol. The molecule has 2 heterocycles. The maximum Gasteiger partial charge on any atom is 0.261 e. The summed E-state index contributed by atoms with van der Waals surface area (Å²) in [6.07, 6.45) is -0.00343. The molecule has 0 spiro atoms. The van der Waals surface area contributed by atoms with Crippen molar-refractivity contribution in [2.24, 2.45) is 0 Å². The smallest absolute Gasteiger partial charge is 0.261 e. The quantitative estimate of drug-likeness (QED) is 0.853. The summed E-state index contributed by atoms with van der Waals surface area (Å²) >= 11 is 6.02. The monoisotopic (exact) mass is 388 g/mol. The molecule has 2 aromatic rings. The van der Waals surface area contributed by atoms with Gasteiger partial charge in [-0.3, -0.25) is 4.79 Å². The van der Waals surface area contributed by atoms with Gasteiger partial charge >= 0.3 is 0 Å². The van der Waals surface area contributed by atoms with E-state index < -0.39 is 6.10 Å². The SMILES string of the molecule is CN(C)[C@H](CNC(=O)[C@H]1Cc2cc(Cl)ccc2O1)c1ccc2c(c1)OCO2. The summed E-state index contributed by atoms with van der Waals surface area (Å²) < 4.78 is 16.6. The van der Waals surface area contributed by atoms with Gasteiger partial charge in [-0.05, 0) is 55.6 Å². The minimum absolute atomic E-state index is 0.00155. The van der Waals surface area contributed by atoms with Crippen molar-refractivity contribution in [3.8, 4) is 17.2 Å². The molecular weight excluding hydrogens is 368 g/mol. The Hall–Kier alpha value is -2.44. The van der Waals surface area contributed by atoms with Crippen molar-refractivity contribution in [3.05, 3.63) is 52.5 Å². The molecule has 0 aliphatic carbocycles. The van der Waals surface area contributed by atoms with Crippen LogP contribution >= 0.6 is 11.6 Å². The summed E-state index contributed by atoms with van der Waals surface area (Å²) in [4.78, 5) is 14.7. The topological polar surface area (TPSA) is 60.0 Å². The highest BCUT2D eigenvalue weighted by molar-refractivity contribution is 6.30. The van der Waals surface area contributed by atoms with E-state index in [4.69, 9.17) is 25.8 Å². The van der Waals surface area contributed by atoms with Gasteiger partial charge in [0.15, 0.2) is 17.6 Å². The number of fused-ring (bicyclic) bond motifs is 2. The number of rotatable bonds is 5. The highest BCUT2D eigenvalue weighted by Gasteiger charge is 2.30. The largest absolute Gasteiger partial charge is 0.480 e. The highest BCUT2D eigenvalue weighted by atomic mass is 35.5. The Balaban J connectivity index is 1.41. The van der Waals surface area contributed by atoms with Crippen molar-refractivity contribution < 1.29 is 19.0 Å². The maximum atomic E-state index is 12.6. The van der Waals surface area contributed by atoms with E-state index in [1.54, 1.807) is 12.1 Å². The number of halogens is 1. The first kappa shape index (κ1) is 17.9. The molecule has 4 rings (SSSR count). The molecule has 0 bridgehead atoms. The molecule has 0 saturated heterocycles. The molecule has 1 N–H and O–H groups in total. The van der Waals surface area contributed by atoms with E-state index in [1.807, 2.05) is 38.4 Å². The zero-order chi connectivity index (χ0) is 19.0. The van der Waals surface area contributed by atoms with E-state index in [-0.39, 0.29) is 18.7 Å². The molecular formula is C20H21ClN2O4. The maximum absolute atomic E-state index is 12.6. The molecule has 0 radical (unpaired) electrons. The second-order valence-electron chi connectivity index (χ2n) is 6.90. The number of benzene rings is 2. The number of ether oxygens (including phenoxy) is 3. The lowest BCUT2D eigenvalue weighted by Gasteiger charge is -2.26. The van der Waals surface area contributed by atoms with Gasteiger partial charge in [0, 0.05) is 18.0 Å². The molecule has 6 nitrogen and oxygen atoms in total. The van der Waals surface area contributed by atoms with Gasteiger partial charge in [-0.2, -0.15) is 0 Å². The molecule has 2 aliphatic heterocycles. The van der Waals surface area contributed by atoms with Crippen LogP contribution in [0.1, 0.15) is 17.2 Å². The Morgan fingerprint density at radius 3 is 2.78 bits per heavy atom. The van der Waals surface area contributed by atoms with Gasteiger partial charge in [0.05, 0.1) is 6.04 Å². The number of hydrogen-bond donors (Lipinski definition) is 1. The Kier molecular flexibility index (Phi) is 4.85. The van der Waals surface area contributed by atoms with Gasteiger partial charge in [-0.25, -0.2) is 0 Å². The summed E-state index contributed by atoms with van der Waals surface area (Å²) in [6.45, 7) is 0.703. The summed E-state index contributed by atoms with van der Waals surface area (Å²) in [6, 6.07) is 11.3. The van der Waals surface area contributed by atoms with E-state index >= 15 is 0 Å². The zero-order valence-electron chi connectivity index (χ0n) is 15.2. The predicted octanol–water partition coefficient (Wildman–Crippen LogP) is 2.79. The first-order valence-corrected chi connectivity index (χ1v) is 9.18. The number of likely N-dealkylation sites (N-methyl/N-ethyl adjacent to an activating group) is 1. The molecule has 2 aliphatic rings. The lowest BCUT2D eigenvalue weighted by molar-refractivity contribution is -0.127.